The Morgan fingerprint density at radius 2 is 0.812 bits per heavy atom. The molecule has 10 aromatic rings. The van der Waals surface area contributed by atoms with Gasteiger partial charge in [-0.1, -0.05) is 157 Å². The highest BCUT2D eigenvalue weighted by molar-refractivity contribution is 6.03. The Morgan fingerprint density at radius 1 is 0.344 bits per heavy atom. The van der Waals surface area contributed by atoms with E-state index in [0.717, 1.165) is 60.9 Å². The Labute approximate surface area is 376 Å². The molecule has 5 nitrogen and oxygen atoms in total. The lowest BCUT2D eigenvalue weighted by Crippen LogP contribution is -2.17. The fourth-order valence-corrected chi connectivity index (χ4v) is 9.54. The smallest absolute Gasteiger partial charge is 0.238 e. The predicted molar refractivity (Wildman–Crippen MR) is 269 cm³/mol. The summed E-state index contributed by atoms with van der Waals surface area (Å²) in [5.74, 6) is 1.71. The van der Waals surface area contributed by atoms with Gasteiger partial charge >= 0.3 is 0 Å². The summed E-state index contributed by atoms with van der Waals surface area (Å²) in [4.78, 5) is 20.7. The summed E-state index contributed by atoms with van der Waals surface area (Å²) in [5.41, 5.74) is 16.8. The standard InChI is InChI=1S/C59H49N5/c1-38-33-40(3)55(41(4)34-38)64(56-42(5)35-39(2)36-43(56)6)50-30-28-49(29-31-50)63(51-27-25-44-17-13-14-23-48(44)37-51)59-61-57(47-21-11-8-12-22-47)60-58(62-59)53-32-26-45-18-15-16-24-52(45)54(53)46-19-9-7-10-20-46/h7-37H,1-6H3. The number of nitrogens with zero attached hydrogens (tertiary/aromatic N) is 5. The molecule has 1 heterocycles. The third-order valence-electron chi connectivity index (χ3n) is 12.2. The van der Waals surface area contributed by atoms with E-state index >= 15 is 0 Å². The summed E-state index contributed by atoms with van der Waals surface area (Å²) in [6.45, 7) is 13.2. The van der Waals surface area contributed by atoms with Crippen LogP contribution in [0.4, 0.5) is 34.4 Å². The molecule has 0 N–H and O–H groups in total. The van der Waals surface area contributed by atoms with Crippen LogP contribution in [0.1, 0.15) is 33.4 Å². The molecule has 9 aromatic carbocycles. The minimum Gasteiger partial charge on any atom is -0.309 e. The van der Waals surface area contributed by atoms with Crippen LogP contribution in [0.3, 0.4) is 0 Å². The van der Waals surface area contributed by atoms with Gasteiger partial charge in [-0.3, -0.25) is 4.90 Å². The first-order valence-corrected chi connectivity index (χ1v) is 21.9. The summed E-state index contributed by atoms with van der Waals surface area (Å²) < 4.78 is 0. The average molecular weight is 828 g/mol. The van der Waals surface area contributed by atoms with Crippen LogP contribution in [-0.4, -0.2) is 15.0 Å². The van der Waals surface area contributed by atoms with Gasteiger partial charge in [0.25, 0.3) is 0 Å². The van der Waals surface area contributed by atoms with Gasteiger partial charge in [0.05, 0.1) is 11.4 Å². The summed E-state index contributed by atoms with van der Waals surface area (Å²) in [5, 5.41) is 4.58. The number of rotatable bonds is 9. The highest BCUT2D eigenvalue weighted by Gasteiger charge is 2.25. The molecule has 0 aliphatic heterocycles. The highest BCUT2D eigenvalue weighted by Crippen LogP contribution is 2.45. The van der Waals surface area contributed by atoms with Crippen molar-refractivity contribution < 1.29 is 0 Å². The van der Waals surface area contributed by atoms with E-state index in [4.69, 9.17) is 15.0 Å². The second-order valence-corrected chi connectivity index (χ2v) is 16.9. The van der Waals surface area contributed by atoms with Crippen molar-refractivity contribution in [3.8, 4) is 33.9 Å². The van der Waals surface area contributed by atoms with Gasteiger partial charge in [0.15, 0.2) is 11.6 Å². The first-order valence-electron chi connectivity index (χ1n) is 21.9. The predicted octanol–water partition coefficient (Wildman–Crippen LogP) is 16.0. The number of benzene rings is 9. The third-order valence-corrected chi connectivity index (χ3v) is 12.2. The summed E-state index contributed by atoms with van der Waals surface area (Å²) >= 11 is 0. The molecule has 10 rings (SSSR count). The highest BCUT2D eigenvalue weighted by atomic mass is 15.3. The van der Waals surface area contributed by atoms with Gasteiger partial charge in [0.1, 0.15) is 0 Å². The molecule has 0 aliphatic carbocycles. The van der Waals surface area contributed by atoms with E-state index in [1.54, 1.807) is 0 Å². The Hall–Kier alpha value is -7.89. The van der Waals surface area contributed by atoms with Gasteiger partial charge in [-0.05, 0) is 133 Å². The van der Waals surface area contributed by atoms with E-state index in [0.29, 0.717) is 17.6 Å². The zero-order chi connectivity index (χ0) is 43.9. The number of fused-ring (bicyclic) bond motifs is 2. The first kappa shape index (κ1) is 40.2. The Kier molecular flexibility index (Phi) is 10.5. The normalized spacial score (nSPS) is 11.3. The Morgan fingerprint density at radius 3 is 1.42 bits per heavy atom. The number of hydrogen-bond donors (Lipinski definition) is 0. The van der Waals surface area contributed by atoms with Crippen molar-refractivity contribution in [1.82, 2.24) is 15.0 Å². The molecule has 0 fully saturated rings. The number of hydrogen-bond acceptors (Lipinski definition) is 5. The van der Waals surface area contributed by atoms with Gasteiger partial charge in [-0.15, -0.1) is 0 Å². The lowest BCUT2D eigenvalue weighted by atomic mass is 9.93. The molecule has 310 valence electrons. The van der Waals surface area contributed by atoms with Crippen molar-refractivity contribution in [2.24, 2.45) is 0 Å². The maximum atomic E-state index is 5.46. The second-order valence-electron chi connectivity index (χ2n) is 16.9. The van der Waals surface area contributed by atoms with Crippen LogP contribution >= 0.6 is 0 Å². The Bertz CT molecular complexity index is 3240. The van der Waals surface area contributed by atoms with Crippen molar-refractivity contribution in [2.75, 3.05) is 9.80 Å². The molecule has 0 bridgehead atoms. The molecular weight excluding hydrogens is 779 g/mol. The molecule has 1 aromatic heterocycles. The number of aryl methyl sites for hydroxylation is 6. The van der Waals surface area contributed by atoms with Crippen LogP contribution in [0.5, 0.6) is 0 Å². The summed E-state index contributed by atoms with van der Waals surface area (Å²) in [7, 11) is 0. The van der Waals surface area contributed by atoms with Crippen LogP contribution in [0.15, 0.2) is 188 Å². The van der Waals surface area contributed by atoms with E-state index in [-0.39, 0.29) is 0 Å². The molecule has 0 spiro atoms. The maximum absolute atomic E-state index is 5.46. The fraction of sp³-hybridized carbons (Fsp3) is 0.102. The molecule has 0 radical (unpaired) electrons. The van der Waals surface area contributed by atoms with Crippen LogP contribution < -0.4 is 9.80 Å². The molecule has 64 heavy (non-hydrogen) atoms. The Balaban J connectivity index is 1.21. The van der Waals surface area contributed by atoms with E-state index in [2.05, 4.69) is 221 Å². The zero-order valence-electron chi connectivity index (χ0n) is 37.1. The lowest BCUT2D eigenvalue weighted by Gasteiger charge is -2.32. The minimum atomic E-state index is 0.520. The minimum absolute atomic E-state index is 0.520. The molecule has 0 saturated heterocycles. The quantitative estimate of drug-likeness (QED) is 0.145. The average Bonchev–Trinajstić information content (AvgIpc) is 3.31. The molecule has 0 saturated carbocycles. The third kappa shape index (κ3) is 7.56. The van der Waals surface area contributed by atoms with Crippen LogP contribution in [0.25, 0.3) is 55.4 Å². The van der Waals surface area contributed by atoms with E-state index in [9.17, 15) is 0 Å². The number of aromatic nitrogens is 3. The lowest BCUT2D eigenvalue weighted by molar-refractivity contribution is 1.02. The van der Waals surface area contributed by atoms with Gasteiger partial charge < -0.3 is 4.90 Å². The van der Waals surface area contributed by atoms with Crippen molar-refractivity contribution in [2.45, 2.75) is 41.5 Å². The maximum Gasteiger partial charge on any atom is 0.238 e. The van der Waals surface area contributed by atoms with E-state index < -0.39 is 0 Å². The monoisotopic (exact) mass is 827 g/mol. The van der Waals surface area contributed by atoms with Crippen LogP contribution in [0, 0.1) is 41.5 Å². The van der Waals surface area contributed by atoms with E-state index in [1.807, 2.05) is 18.2 Å². The van der Waals surface area contributed by atoms with Gasteiger partial charge in [-0.2, -0.15) is 9.97 Å². The summed E-state index contributed by atoms with van der Waals surface area (Å²) in [6, 6.07) is 66.7. The van der Waals surface area contributed by atoms with Crippen molar-refractivity contribution >= 4 is 55.9 Å². The van der Waals surface area contributed by atoms with Crippen molar-refractivity contribution in [3.05, 3.63) is 221 Å². The molecule has 5 heteroatoms. The second kappa shape index (κ2) is 16.8. The number of anilines is 6. The van der Waals surface area contributed by atoms with Gasteiger partial charge in [0, 0.05) is 33.8 Å². The molecule has 0 atom stereocenters. The summed E-state index contributed by atoms with van der Waals surface area (Å²) in [6.07, 6.45) is 0. The zero-order valence-corrected chi connectivity index (χ0v) is 37.1. The largest absolute Gasteiger partial charge is 0.309 e. The molecule has 0 aliphatic rings. The SMILES string of the molecule is Cc1cc(C)c(N(c2ccc(N(c3ccc4ccccc4c3)c3nc(-c4ccccc4)nc(-c4ccc5ccccc5c4-c4ccccc4)n3)cc2)c2c(C)cc(C)cc2C)c(C)c1. The van der Waals surface area contributed by atoms with Gasteiger partial charge in [-0.25, -0.2) is 4.98 Å². The molecule has 0 amide bonds. The fourth-order valence-electron chi connectivity index (χ4n) is 9.54. The topological polar surface area (TPSA) is 45.2 Å². The molecule has 0 unspecified atom stereocenters. The van der Waals surface area contributed by atoms with Crippen LogP contribution in [0.2, 0.25) is 0 Å². The van der Waals surface area contributed by atoms with Crippen molar-refractivity contribution in [1.29, 1.82) is 0 Å². The van der Waals surface area contributed by atoms with Crippen molar-refractivity contribution in [3.63, 3.8) is 0 Å². The van der Waals surface area contributed by atoms with Crippen LogP contribution in [-0.2, 0) is 0 Å². The molecular formula is C59H49N5. The van der Waals surface area contributed by atoms with Gasteiger partial charge in [0.2, 0.25) is 5.95 Å². The van der Waals surface area contributed by atoms with E-state index in [1.165, 1.54) is 44.8 Å². The first-order chi connectivity index (χ1) is 31.2.